The topological polar surface area (TPSA) is 92.2 Å². The number of anilines is 1. The van der Waals surface area contributed by atoms with Crippen LogP contribution in [-0.4, -0.2) is 27.0 Å². The minimum atomic E-state index is -1.25. The molecule has 6 nitrogen and oxygen atoms in total. The molecular weight excluding hydrogens is 465 g/mol. The number of aromatic nitrogens is 2. The van der Waals surface area contributed by atoms with Crippen molar-refractivity contribution in [1.29, 1.82) is 0 Å². The lowest BCUT2D eigenvalue weighted by molar-refractivity contribution is 0.0696. The first kappa shape index (κ1) is 20.6. The summed E-state index contributed by atoms with van der Waals surface area (Å²) < 4.78 is 15.2. The lowest BCUT2D eigenvalue weighted by atomic mass is 9.97. The van der Waals surface area contributed by atoms with Crippen LogP contribution in [0.15, 0.2) is 65.4 Å². The van der Waals surface area contributed by atoms with Crippen molar-refractivity contribution in [3.8, 4) is 11.3 Å². The van der Waals surface area contributed by atoms with Gasteiger partial charge in [-0.25, -0.2) is 14.2 Å². The van der Waals surface area contributed by atoms with Crippen molar-refractivity contribution in [2.24, 2.45) is 0 Å². The number of aromatic carboxylic acids is 1. The lowest BCUT2D eigenvalue weighted by Gasteiger charge is -2.15. The van der Waals surface area contributed by atoms with E-state index in [1.165, 1.54) is 12.1 Å². The van der Waals surface area contributed by atoms with Crippen LogP contribution in [0.5, 0.6) is 0 Å². The molecule has 0 atom stereocenters. The summed E-state index contributed by atoms with van der Waals surface area (Å²) in [6, 6.07) is 12.3. The SMILES string of the molecule is Cc1c(-c2ccncc2)nc2ccc(Br)cc2c1C(=O)Nc1ccc(C(=O)O)cc1F. The summed E-state index contributed by atoms with van der Waals surface area (Å²) in [5.41, 5.74) is 2.67. The van der Waals surface area contributed by atoms with Crippen molar-refractivity contribution >= 4 is 44.4 Å². The zero-order valence-corrected chi connectivity index (χ0v) is 17.8. The molecule has 2 heterocycles. The molecule has 0 aliphatic rings. The van der Waals surface area contributed by atoms with E-state index in [1.54, 1.807) is 43.6 Å². The van der Waals surface area contributed by atoms with Gasteiger partial charge >= 0.3 is 5.97 Å². The van der Waals surface area contributed by atoms with Crippen LogP contribution < -0.4 is 5.32 Å². The van der Waals surface area contributed by atoms with Crippen molar-refractivity contribution in [3.05, 3.63) is 87.9 Å². The highest BCUT2D eigenvalue weighted by Crippen LogP contribution is 2.32. The number of hydrogen-bond acceptors (Lipinski definition) is 4. The second-order valence-electron chi connectivity index (χ2n) is 6.81. The van der Waals surface area contributed by atoms with Crippen LogP contribution in [0.3, 0.4) is 0 Å². The van der Waals surface area contributed by atoms with E-state index in [1.807, 2.05) is 6.07 Å². The third-order valence-electron chi connectivity index (χ3n) is 4.84. The molecule has 0 bridgehead atoms. The average molecular weight is 480 g/mol. The number of amides is 1. The van der Waals surface area contributed by atoms with Crippen LogP contribution in [0.1, 0.15) is 26.3 Å². The Morgan fingerprint density at radius 2 is 1.81 bits per heavy atom. The maximum atomic E-state index is 14.4. The van der Waals surface area contributed by atoms with Gasteiger partial charge in [0.15, 0.2) is 0 Å². The number of halogens is 2. The van der Waals surface area contributed by atoms with Gasteiger partial charge in [-0.05, 0) is 61.0 Å². The van der Waals surface area contributed by atoms with E-state index < -0.39 is 17.7 Å². The van der Waals surface area contributed by atoms with E-state index in [0.717, 1.165) is 16.1 Å². The molecule has 0 spiro atoms. The number of nitrogens with zero attached hydrogens (tertiary/aromatic N) is 2. The third kappa shape index (κ3) is 4.02. The van der Waals surface area contributed by atoms with Gasteiger partial charge in [0.25, 0.3) is 5.91 Å². The van der Waals surface area contributed by atoms with Gasteiger partial charge in [0.2, 0.25) is 0 Å². The van der Waals surface area contributed by atoms with Crippen molar-refractivity contribution in [2.75, 3.05) is 5.32 Å². The van der Waals surface area contributed by atoms with Gasteiger partial charge in [-0.15, -0.1) is 0 Å². The maximum absolute atomic E-state index is 14.4. The maximum Gasteiger partial charge on any atom is 0.335 e. The number of pyridine rings is 2. The minimum absolute atomic E-state index is 0.111. The molecule has 4 aromatic rings. The van der Waals surface area contributed by atoms with E-state index >= 15 is 0 Å². The van der Waals surface area contributed by atoms with Crippen LogP contribution in [0, 0.1) is 12.7 Å². The number of benzene rings is 2. The van der Waals surface area contributed by atoms with Gasteiger partial charge in [0.05, 0.1) is 28.0 Å². The molecular formula is C23H15BrFN3O3. The molecule has 0 aliphatic carbocycles. The Bertz CT molecular complexity index is 1340. The fourth-order valence-corrected chi connectivity index (χ4v) is 3.71. The Balaban J connectivity index is 1.85. The Morgan fingerprint density at radius 3 is 2.48 bits per heavy atom. The highest BCUT2D eigenvalue weighted by Gasteiger charge is 2.21. The predicted octanol–water partition coefficient (Wildman–Crippen LogP) is 5.46. The van der Waals surface area contributed by atoms with Crippen LogP contribution in [0.2, 0.25) is 0 Å². The molecule has 0 saturated heterocycles. The largest absolute Gasteiger partial charge is 0.478 e. The Hall–Kier alpha value is -3.65. The molecule has 4 rings (SSSR count). The Kier molecular flexibility index (Phi) is 5.48. The van der Waals surface area contributed by atoms with Gasteiger partial charge in [-0.1, -0.05) is 15.9 Å². The second kappa shape index (κ2) is 8.23. The van der Waals surface area contributed by atoms with E-state index in [0.29, 0.717) is 27.7 Å². The molecule has 1 amide bonds. The van der Waals surface area contributed by atoms with Gasteiger partial charge in [-0.2, -0.15) is 0 Å². The third-order valence-corrected chi connectivity index (χ3v) is 5.33. The molecule has 8 heteroatoms. The molecule has 2 aromatic carbocycles. The summed E-state index contributed by atoms with van der Waals surface area (Å²) in [6.07, 6.45) is 3.28. The molecule has 2 aromatic heterocycles. The fourth-order valence-electron chi connectivity index (χ4n) is 3.35. The standard InChI is InChI=1S/C23H15BrFN3O3/c1-12-20(22(29)28-19-4-2-14(23(30)31)10-17(19)25)16-11-15(24)3-5-18(16)27-21(12)13-6-8-26-9-7-13/h2-11H,1H3,(H,28,29)(H,30,31). The number of carbonyl (C=O) groups excluding carboxylic acids is 1. The van der Waals surface area contributed by atoms with E-state index in [-0.39, 0.29) is 11.3 Å². The summed E-state index contributed by atoms with van der Waals surface area (Å²) in [4.78, 5) is 33.0. The number of carbonyl (C=O) groups is 2. The summed E-state index contributed by atoms with van der Waals surface area (Å²) in [7, 11) is 0. The van der Waals surface area contributed by atoms with Crippen LogP contribution >= 0.6 is 15.9 Å². The van der Waals surface area contributed by atoms with Crippen LogP contribution in [0.25, 0.3) is 22.2 Å². The highest BCUT2D eigenvalue weighted by molar-refractivity contribution is 9.10. The normalized spacial score (nSPS) is 10.8. The molecule has 0 saturated carbocycles. The zero-order chi connectivity index (χ0) is 22.1. The fraction of sp³-hybridized carbons (Fsp3) is 0.0435. The molecule has 0 radical (unpaired) electrons. The van der Waals surface area contributed by atoms with Gasteiger partial charge in [0, 0.05) is 27.8 Å². The van der Waals surface area contributed by atoms with Crippen molar-refractivity contribution in [1.82, 2.24) is 9.97 Å². The summed E-state index contributed by atoms with van der Waals surface area (Å²) >= 11 is 3.42. The number of carboxylic acid groups (broad SMARTS) is 1. The molecule has 154 valence electrons. The first-order chi connectivity index (χ1) is 14.8. The number of nitrogens with one attached hydrogen (secondary N) is 1. The van der Waals surface area contributed by atoms with E-state index in [9.17, 15) is 14.0 Å². The first-order valence-electron chi connectivity index (χ1n) is 9.19. The van der Waals surface area contributed by atoms with Crippen LogP contribution in [0.4, 0.5) is 10.1 Å². The van der Waals surface area contributed by atoms with E-state index in [2.05, 4.69) is 26.2 Å². The van der Waals surface area contributed by atoms with Crippen LogP contribution in [-0.2, 0) is 0 Å². The summed E-state index contributed by atoms with van der Waals surface area (Å²) in [6.45, 7) is 1.78. The van der Waals surface area contributed by atoms with Crippen molar-refractivity contribution in [2.45, 2.75) is 6.92 Å². The highest BCUT2D eigenvalue weighted by atomic mass is 79.9. The number of fused-ring (bicyclic) bond motifs is 1. The quantitative estimate of drug-likeness (QED) is 0.405. The predicted molar refractivity (Wildman–Crippen MR) is 119 cm³/mol. The molecule has 31 heavy (non-hydrogen) atoms. The second-order valence-corrected chi connectivity index (χ2v) is 7.73. The average Bonchev–Trinajstić information content (AvgIpc) is 2.75. The minimum Gasteiger partial charge on any atom is -0.478 e. The monoisotopic (exact) mass is 479 g/mol. The van der Waals surface area contributed by atoms with E-state index in [4.69, 9.17) is 10.1 Å². The molecule has 0 unspecified atom stereocenters. The molecule has 0 aliphatic heterocycles. The molecule has 2 N–H and O–H groups in total. The van der Waals surface area contributed by atoms with Crippen molar-refractivity contribution in [3.63, 3.8) is 0 Å². The smallest absolute Gasteiger partial charge is 0.335 e. The van der Waals surface area contributed by atoms with Gasteiger partial charge in [0.1, 0.15) is 5.82 Å². The van der Waals surface area contributed by atoms with Crippen molar-refractivity contribution < 1.29 is 19.1 Å². The number of hydrogen-bond donors (Lipinski definition) is 2. The molecule has 0 fully saturated rings. The van der Waals surface area contributed by atoms with Gasteiger partial charge < -0.3 is 10.4 Å². The number of carboxylic acids is 1. The summed E-state index contributed by atoms with van der Waals surface area (Å²) in [5.74, 6) is -2.61. The zero-order valence-electron chi connectivity index (χ0n) is 16.2. The Labute approximate surface area is 184 Å². The lowest BCUT2D eigenvalue weighted by Crippen LogP contribution is -2.16. The van der Waals surface area contributed by atoms with Gasteiger partial charge in [-0.3, -0.25) is 9.78 Å². The Morgan fingerprint density at radius 1 is 1.06 bits per heavy atom. The number of rotatable bonds is 4. The first-order valence-corrected chi connectivity index (χ1v) is 9.99. The summed E-state index contributed by atoms with van der Waals surface area (Å²) in [5, 5.41) is 12.2.